The van der Waals surface area contributed by atoms with Crippen LogP contribution in [0.15, 0.2) is 84.3 Å². The second kappa shape index (κ2) is 8.97. The maximum absolute atomic E-state index is 12.9. The van der Waals surface area contributed by atoms with E-state index in [0.29, 0.717) is 24.5 Å². The molecule has 0 heterocycles. The molecule has 0 radical (unpaired) electrons. The smallest absolute Gasteiger partial charge is 0.262 e. The van der Waals surface area contributed by atoms with Crippen molar-refractivity contribution < 1.29 is 13.2 Å². The maximum Gasteiger partial charge on any atom is 0.262 e. The minimum Gasteiger partial charge on any atom is -0.486 e. The first-order chi connectivity index (χ1) is 13.9. The first kappa shape index (κ1) is 20.7. The highest BCUT2D eigenvalue weighted by Crippen LogP contribution is 2.34. The summed E-state index contributed by atoms with van der Waals surface area (Å²) in [7, 11) is -3.74. The van der Waals surface area contributed by atoms with Crippen LogP contribution < -0.4 is 9.46 Å². The average Bonchev–Trinajstić information content (AvgIpc) is 2.70. The van der Waals surface area contributed by atoms with Gasteiger partial charge >= 0.3 is 0 Å². The zero-order chi connectivity index (χ0) is 20.9. The molecule has 3 aromatic rings. The lowest BCUT2D eigenvalue weighted by molar-refractivity contribution is 0.305. The summed E-state index contributed by atoms with van der Waals surface area (Å²) in [4.78, 5) is 0.220. The number of ether oxygens (including phenoxy) is 1. The molecule has 1 N–H and O–H groups in total. The van der Waals surface area contributed by atoms with Crippen LogP contribution in [0, 0.1) is 13.8 Å². The fourth-order valence-corrected chi connectivity index (χ4v) is 4.25. The summed E-state index contributed by atoms with van der Waals surface area (Å²) in [6.07, 6.45) is 2.37. The summed E-state index contributed by atoms with van der Waals surface area (Å²) in [5.74, 6) is 0.532. The fourth-order valence-electron chi connectivity index (χ4n) is 3.09. The summed E-state index contributed by atoms with van der Waals surface area (Å²) >= 11 is 0. The number of hydrogen-bond acceptors (Lipinski definition) is 3. The van der Waals surface area contributed by atoms with E-state index in [2.05, 4.69) is 11.3 Å². The molecule has 5 heteroatoms. The van der Waals surface area contributed by atoms with Gasteiger partial charge in [0.05, 0.1) is 10.6 Å². The van der Waals surface area contributed by atoms with E-state index in [1.807, 2.05) is 56.3 Å². The Morgan fingerprint density at radius 3 is 2.45 bits per heavy atom. The Morgan fingerprint density at radius 1 is 1.00 bits per heavy atom. The van der Waals surface area contributed by atoms with E-state index in [9.17, 15) is 8.42 Å². The standard InChI is InChI=1S/C24H25NO3S/c1-4-9-22-19(3)14-15-23(24(22)28-17-20-11-6-5-7-12-20)25-29(26,27)21-13-8-10-18(2)16-21/h4-8,10-16,25H,1,9,17H2,2-3H3. The largest absolute Gasteiger partial charge is 0.486 e. The summed E-state index contributed by atoms with van der Waals surface area (Å²) in [6.45, 7) is 8.01. The van der Waals surface area contributed by atoms with Crippen LogP contribution in [0.5, 0.6) is 5.75 Å². The first-order valence-corrected chi connectivity index (χ1v) is 10.9. The number of allylic oxidation sites excluding steroid dienone is 1. The number of rotatable bonds is 8. The topological polar surface area (TPSA) is 55.4 Å². The maximum atomic E-state index is 12.9. The van der Waals surface area contributed by atoms with Gasteiger partial charge in [0.15, 0.2) is 0 Å². The molecule has 0 aliphatic carbocycles. The molecule has 0 aliphatic rings. The number of anilines is 1. The van der Waals surface area contributed by atoms with Crippen LogP contribution in [-0.4, -0.2) is 8.42 Å². The van der Waals surface area contributed by atoms with Crippen molar-refractivity contribution in [1.29, 1.82) is 0 Å². The number of sulfonamides is 1. The lowest BCUT2D eigenvalue weighted by Gasteiger charge is -2.19. The van der Waals surface area contributed by atoms with Crippen LogP contribution in [0.25, 0.3) is 0 Å². The minimum atomic E-state index is -3.74. The van der Waals surface area contributed by atoms with Gasteiger partial charge in [0.1, 0.15) is 12.4 Å². The van der Waals surface area contributed by atoms with Crippen LogP contribution in [0.2, 0.25) is 0 Å². The fraction of sp³-hybridized carbons (Fsp3) is 0.167. The third-order valence-corrected chi connectivity index (χ3v) is 5.98. The number of benzene rings is 3. The molecule has 0 aliphatic heterocycles. The Morgan fingerprint density at radius 2 is 1.76 bits per heavy atom. The molecular weight excluding hydrogens is 382 g/mol. The Balaban J connectivity index is 1.99. The molecule has 3 aromatic carbocycles. The summed E-state index contributed by atoms with van der Waals surface area (Å²) in [6, 6.07) is 20.2. The van der Waals surface area contributed by atoms with Gasteiger partial charge in [-0.2, -0.15) is 0 Å². The monoisotopic (exact) mass is 407 g/mol. The molecule has 150 valence electrons. The predicted molar refractivity (Wildman–Crippen MR) is 118 cm³/mol. The highest BCUT2D eigenvalue weighted by Gasteiger charge is 2.19. The van der Waals surface area contributed by atoms with E-state index in [4.69, 9.17) is 4.74 Å². The number of aryl methyl sites for hydroxylation is 2. The quantitative estimate of drug-likeness (QED) is 0.508. The highest BCUT2D eigenvalue weighted by atomic mass is 32.2. The Bertz CT molecular complexity index is 1110. The molecule has 0 amide bonds. The highest BCUT2D eigenvalue weighted by molar-refractivity contribution is 7.92. The van der Waals surface area contributed by atoms with Crippen LogP contribution in [0.1, 0.15) is 22.3 Å². The van der Waals surface area contributed by atoms with Crippen molar-refractivity contribution in [2.75, 3.05) is 4.72 Å². The van der Waals surface area contributed by atoms with E-state index in [1.165, 1.54) is 0 Å². The molecule has 0 saturated carbocycles. The molecule has 29 heavy (non-hydrogen) atoms. The van der Waals surface area contributed by atoms with Gasteiger partial charge in [0.25, 0.3) is 10.0 Å². The Labute approximate surface area is 172 Å². The normalized spacial score (nSPS) is 11.1. The lowest BCUT2D eigenvalue weighted by Crippen LogP contribution is -2.15. The molecule has 0 bridgehead atoms. The van der Waals surface area contributed by atoms with Crippen LogP contribution >= 0.6 is 0 Å². The van der Waals surface area contributed by atoms with Gasteiger partial charge in [-0.1, -0.05) is 54.6 Å². The van der Waals surface area contributed by atoms with Crippen molar-refractivity contribution in [3.05, 3.63) is 102 Å². The van der Waals surface area contributed by atoms with Gasteiger partial charge in [0.2, 0.25) is 0 Å². The summed E-state index contributed by atoms with van der Waals surface area (Å²) in [5, 5.41) is 0. The van der Waals surface area contributed by atoms with E-state index >= 15 is 0 Å². The van der Waals surface area contributed by atoms with Crippen molar-refractivity contribution in [3.63, 3.8) is 0 Å². The van der Waals surface area contributed by atoms with Gasteiger partial charge in [-0.05, 0) is 55.2 Å². The molecule has 3 rings (SSSR count). The van der Waals surface area contributed by atoms with Gasteiger partial charge in [-0.3, -0.25) is 4.72 Å². The van der Waals surface area contributed by atoms with Crippen molar-refractivity contribution in [1.82, 2.24) is 0 Å². The van der Waals surface area contributed by atoms with E-state index in [1.54, 1.807) is 30.3 Å². The van der Waals surface area contributed by atoms with E-state index in [-0.39, 0.29) is 4.90 Å². The summed E-state index contributed by atoms with van der Waals surface area (Å²) < 4.78 is 34.7. The molecule has 0 fully saturated rings. The van der Waals surface area contributed by atoms with Crippen molar-refractivity contribution >= 4 is 15.7 Å². The second-order valence-corrected chi connectivity index (χ2v) is 8.61. The number of hydrogen-bond donors (Lipinski definition) is 1. The average molecular weight is 408 g/mol. The number of nitrogens with one attached hydrogen (secondary N) is 1. The van der Waals surface area contributed by atoms with Gasteiger partial charge in [-0.25, -0.2) is 8.42 Å². The molecule has 0 spiro atoms. The van der Waals surface area contributed by atoms with Crippen LogP contribution in [0.4, 0.5) is 5.69 Å². The van der Waals surface area contributed by atoms with E-state index in [0.717, 1.165) is 22.3 Å². The van der Waals surface area contributed by atoms with E-state index < -0.39 is 10.0 Å². The molecule has 4 nitrogen and oxygen atoms in total. The van der Waals surface area contributed by atoms with Crippen molar-refractivity contribution in [2.45, 2.75) is 31.8 Å². The third-order valence-electron chi connectivity index (χ3n) is 4.61. The van der Waals surface area contributed by atoms with Gasteiger partial charge in [0, 0.05) is 5.56 Å². The van der Waals surface area contributed by atoms with Crippen molar-refractivity contribution in [2.24, 2.45) is 0 Å². The van der Waals surface area contributed by atoms with Crippen molar-refractivity contribution in [3.8, 4) is 5.75 Å². The first-order valence-electron chi connectivity index (χ1n) is 9.40. The van der Waals surface area contributed by atoms with Crippen LogP contribution in [-0.2, 0) is 23.1 Å². The Kier molecular flexibility index (Phi) is 6.39. The molecular formula is C24H25NO3S. The summed E-state index contributed by atoms with van der Waals surface area (Å²) in [5.41, 5.74) is 4.24. The minimum absolute atomic E-state index is 0.220. The molecule has 0 atom stereocenters. The molecule has 0 unspecified atom stereocenters. The zero-order valence-corrected chi connectivity index (χ0v) is 17.5. The van der Waals surface area contributed by atoms with Gasteiger partial charge < -0.3 is 4.74 Å². The molecule has 0 aromatic heterocycles. The lowest BCUT2D eigenvalue weighted by atomic mass is 10.0. The van der Waals surface area contributed by atoms with Gasteiger partial charge in [-0.15, -0.1) is 6.58 Å². The zero-order valence-electron chi connectivity index (χ0n) is 16.7. The SMILES string of the molecule is C=CCc1c(C)ccc(NS(=O)(=O)c2cccc(C)c2)c1OCc1ccccc1. The molecule has 0 saturated heterocycles. The second-order valence-electron chi connectivity index (χ2n) is 6.93. The Hall–Kier alpha value is -3.05. The third kappa shape index (κ3) is 5.06. The van der Waals surface area contributed by atoms with Crippen LogP contribution in [0.3, 0.4) is 0 Å². The predicted octanol–water partition coefficient (Wildman–Crippen LogP) is 5.41.